The van der Waals surface area contributed by atoms with Crippen LogP contribution in [0.15, 0.2) is 0 Å². The van der Waals surface area contributed by atoms with Gasteiger partial charge in [0.1, 0.15) is 0 Å². The lowest BCUT2D eigenvalue weighted by atomic mass is 9.65. The lowest BCUT2D eigenvalue weighted by Crippen LogP contribution is -2.42. The van der Waals surface area contributed by atoms with E-state index in [0.717, 1.165) is 0 Å². The molecule has 1 saturated carbocycles. The molecule has 0 spiro atoms. The van der Waals surface area contributed by atoms with Gasteiger partial charge in [0.15, 0.2) is 0 Å². The van der Waals surface area contributed by atoms with Crippen LogP contribution in [-0.2, 0) is 0 Å². The van der Waals surface area contributed by atoms with Gasteiger partial charge in [-0.1, -0.05) is 27.7 Å². The molecule has 0 saturated heterocycles. The maximum atomic E-state index is 12.5. The summed E-state index contributed by atoms with van der Waals surface area (Å²) in [6.45, 7) is 8.44. The van der Waals surface area contributed by atoms with Gasteiger partial charge in [-0.25, -0.2) is 8.78 Å². The van der Waals surface area contributed by atoms with E-state index in [0.29, 0.717) is 5.92 Å². The summed E-state index contributed by atoms with van der Waals surface area (Å²) in [7, 11) is 0. The van der Waals surface area contributed by atoms with Crippen molar-refractivity contribution in [3.8, 4) is 0 Å². The Kier molecular flexibility index (Phi) is 2.22. The first-order valence-corrected chi connectivity index (χ1v) is 4.60. The van der Waals surface area contributed by atoms with E-state index in [1.807, 2.05) is 0 Å². The van der Waals surface area contributed by atoms with Crippen LogP contribution in [0.2, 0.25) is 0 Å². The Bertz CT molecular complexity index is 159. The van der Waals surface area contributed by atoms with Gasteiger partial charge in [-0.05, 0) is 17.3 Å². The number of rotatable bonds is 1. The van der Waals surface area contributed by atoms with Gasteiger partial charge in [0, 0.05) is 12.8 Å². The molecule has 1 aliphatic carbocycles. The van der Waals surface area contributed by atoms with E-state index in [4.69, 9.17) is 0 Å². The monoisotopic (exact) mass is 176 g/mol. The van der Waals surface area contributed by atoms with E-state index < -0.39 is 5.92 Å². The summed E-state index contributed by atoms with van der Waals surface area (Å²) in [5.74, 6) is -1.72. The van der Waals surface area contributed by atoms with Crippen LogP contribution in [0.1, 0.15) is 40.5 Å². The van der Waals surface area contributed by atoms with Crippen molar-refractivity contribution in [2.45, 2.75) is 46.5 Å². The molecule has 0 nitrogen and oxygen atoms in total. The highest BCUT2D eigenvalue weighted by Crippen LogP contribution is 2.50. The Balaban J connectivity index is 2.43. The molecule has 0 N–H and O–H groups in total. The molecule has 0 aromatic rings. The highest BCUT2D eigenvalue weighted by atomic mass is 19.3. The zero-order valence-electron chi connectivity index (χ0n) is 8.32. The van der Waals surface area contributed by atoms with E-state index in [1.165, 1.54) is 0 Å². The summed E-state index contributed by atoms with van der Waals surface area (Å²) in [5, 5.41) is 0. The van der Waals surface area contributed by atoms with E-state index in [2.05, 4.69) is 27.7 Å². The molecular formula is C10H18F2. The summed E-state index contributed by atoms with van der Waals surface area (Å²) in [5.41, 5.74) is 0.168. The lowest BCUT2D eigenvalue weighted by molar-refractivity contribution is -0.135. The van der Waals surface area contributed by atoms with Gasteiger partial charge < -0.3 is 0 Å². The smallest absolute Gasteiger partial charge is 0.207 e. The maximum absolute atomic E-state index is 12.5. The molecule has 0 aliphatic heterocycles. The van der Waals surface area contributed by atoms with E-state index in [-0.39, 0.29) is 24.2 Å². The number of hydrogen-bond donors (Lipinski definition) is 0. The van der Waals surface area contributed by atoms with Gasteiger partial charge in [0.05, 0.1) is 0 Å². The van der Waals surface area contributed by atoms with Gasteiger partial charge in [0.2, 0.25) is 5.92 Å². The molecule has 1 fully saturated rings. The van der Waals surface area contributed by atoms with Crippen LogP contribution < -0.4 is 0 Å². The largest absolute Gasteiger partial charge is 0.248 e. The third kappa shape index (κ3) is 1.96. The van der Waals surface area contributed by atoms with Crippen LogP contribution in [0, 0.1) is 17.3 Å². The quantitative estimate of drug-likeness (QED) is 0.571. The predicted octanol–water partition coefficient (Wildman–Crippen LogP) is 3.71. The average molecular weight is 176 g/mol. The molecule has 1 atom stereocenters. The molecule has 72 valence electrons. The first-order chi connectivity index (χ1) is 5.22. The molecule has 0 heterocycles. The summed E-state index contributed by atoms with van der Waals surface area (Å²) in [6, 6.07) is 0. The van der Waals surface area contributed by atoms with Gasteiger partial charge in [-0.2, -0.15) is 0 Å². The van der Waals surface area contributed by atoms with Crippen molar-refractivity contribution in [3.63, 3.8) is 0 Å². The summed E-state index contributed by atoms with van der Waals surface area (Å²) < 4.78 is 25.1. The Morgan fingerprint density at radius 3 is 1.92 bits per heavy atom. The van der Waals surface area contributed by atoms with Crippen LogP contribution in [0.4, 0.5) is 8.78 Å². The first-order valence-electron chi connectivity index (χ1n) is 4.60. The zero-order chi connectivity index (χ0) is 9.57. The van der Waals surface area contributed by atoms with E-state index in [9.17, 15) is 8.78 Å². The standard InChI is InChI=1S/C10H18F2/c1-7(9(2,3)4)8-5-10(11,12)6-8/h7-8H,5-6H2,1-4H3/t7-/m1/s1. The van der Waals surface area contributed by atoms with E-state index >= 15 is 0 Å². The second-order valence-electron chi connectivity index (χ2n) is 5.18. The summed E-state index contributed by atoms with van der Waals surface area (Å²) in [6.07, 6.45) is 0.205. The maximum Gasteiger partial charge on any atom is 0.248 e. The minimum Gasteiger partial charge on any atom is -0.207 e. The fourth-order valence-electron chi connectivity index (χ4n) is 1.77. The number of alkyl halides is 2. The fraction of sp³-hybridized carbons (Fsp3) is 1.00. The van der Waals surface area contributed by atoms with Crippen molar-refractivity contribution in [1.29, 1.82) is 0 Å². The second-order valence-corrected chi connectivity index (χ2v) is 5.18. The Hall–Kier alpha value is -0.140. The molecule has 0 unspecified atom stereocenters. The van der Waals surface area contributed by atoms with Crippen LogP contribution >= 0.6 is 0 Å². The van der Waals surface area contributed by atoms with Crippen LogP contribution in [0.3, 0.4) is 0 Å². The van der Waals surface area contributed by atoms with Crippen molar-refractivity contribution in [3.05, 3.63) is 0 Å². The predicted molar refractivity (Wildman–Crippen MR) is 46.3 cm³/mol. The molecule has 0 radical (unpaired) electrons. The molecule has 0 aromatic carbocycles. The summed E-state index contributed by atoms with van der Waals surface area (Å²) in [4.78, 5) is 0. The van der Waals surface area contributed by atoms with Gasteiger partial charge in [-0.15, -0.1) is 0 Å². The molecule has 0 amide bonds. The molecule has 1 aliphatic rings. The van der Waals surface area contributed by atoms with Crippen molar-refractivity contribution >= 4 is 0 Å². The lowest BCUT2D eigenvalue weighted by Gasteiger charge is -2.43. The number of hydrogen-bond acceptors (Lipinski definition) is 0. The third-order valence-corrected chi connectivity index (χ3v) is 3.19. The van der Waals surface area contributed by atoms with Crippen molar-refractivity contribution in [2.24, 2.45) is 17.3 Å². The first kappa shape index (κ1) is 9.94. The molecule has 0 bridgehead atoms. The van der Waals surface area contributed by atoms with Crippen molar-refractivity contribution < 1.29 is 8.78 Å². The topological polar surface area (TPSA) is 0 Å². The number of halogens is 2. The van der Waals surface area contributed by atoms with Crippen LogP contribution in [-0.4, -0.2) is 5.92 Å². The highest BCUT2D eigenvalue weighted by Gasteiger charge is 2.49. The summed E-state index contributed by atoms with van der Waals surface area (Å²) >= 11 is 0. The van der Waals surface area contributed by atoms with Crippen molar-refractivity contribution in [1.82, 2.24) is 0 Å². The van der Waals surface area contributed by atoms with Gasteiger partial charge in [-0.3, -0.25) is 0 Å². The zero-order valence-corrected chi connectivity index (χ0v) is 8.32. The molecule has 12 heavy (non-hydrogen) atoms. The SMILES string of the molecule is C[C@H](C1CC(F)(F)C1)C(C)(C)C. The van der Waals surface area contributed by atoms with Crippen LogP contribution in [0.5, 0.6) is 0 Å². The Labute approximate surface area is 73.3 Å². The van der Waals surface area contributed by atoms with Crippen LogP contribution in [0.25, 0.3) is 0 Å². The molecule has 0 aromatic heterocycles. The Morgan fingerprint density at radius 2 is 1.67 bits per heavy atom. The molecule has 1 rings (SSSR count). The third-order valence-electron chi connectivity index (χ3n) is 3.19. The minimum atomic E-state index is -2.36. The van der Waals surface area contributed by atoms with E-state index in [1.54, 1.807) is 0 Å². The molecule has 2 heteroatoms. The highest BCUT2D eigenvalue weighted by molar-refractivity contribution is 4.91. The molecular weight excluding hydrogens is 158 g/mol. The second kappa shape index (κ2) is 2.68. The van der Waals surface area contributed by atoms with Gasteiger partial charge >= 0.3 is 0 Å². The normalized spacial score (nSPS) is 26.5. The fourth-order valence-corrected chi connectivity index (χ4v) is 1.77. The van der Waals surface area contributed by atoms with Gasteiger partial charge in [0.25, 0.3) is 0 Å². The Morgan fingerprint density at radius 1 is 1.25 bits per heavy atom. The average Bonchev–Trinajstić information content (AvgIpc) is 1.78. The minimum absolute atomic E-state index is 0.103. The van der Waals surface area contributed by atoms with Crippen molar-refractivity contribution in [2.75, 3.05) is 0 Å².